The number of hydrogen-bond donors (Lipinski definition) is 1. The highest BCUT2D eigenvalue weighted by Gasteiger charge is 2.32. The minimum Gasteiger partial charge on any atom is -0.357 e. The van der Waals surface area contributed by atoms with Crippen molar-refractivity contribution >= 4 is 73.9 Å². The van der Waals surface area contributed by atoms with Crippen LogP contribution in [0.25, 0.3) is 0 Å². The molecule has 2 aromatic carbocycles. The predicted molar refractivity (Wildman–Crippen MR) is 134 cm³/mol. The molecule has 33 heavy (non-hydrogen) atoms. The smallest absolute Gasteiger partial charge is 0.244 e. The predicted octanol–water partition coefficient (Wildman–Crippen LogP) is 4.62. The van der Waals surface area contributed by atoms with E-state index in [9.17, 15) is 18.0 Å². The maximum absolute atomic E-state index is 13.5. The number of sulfonamides is 1. The van der Waals surface area contributed by atoms with Crippen LogP contribution in [0.4, 0.5) is 5.69 Å². The molecule has 0 aliphatic rings. The summed E-state index contributed by atoms with van der Waals surface area (Å²) in [6.45, 7) is 1.13. The molecular weight excluding hydrogens is 532 g/mol. The van der Waals surface area contributed by atoms with E-state index >= 15 is 0 Å². The molecule has 2 amide bonds. The van der Waals surface area contributed by atoms with E-state index in [0.29, 0.717) is 17.0 Å². The van der Waals surface area contributed by atoms with Crippen LogP contribution in [-0.2, 0) is 26.2 Å². The molecule has 2 aromatic rings. The molecule has 7 nitrogen and oxygen atoms in total. The van der Waals surface area contributed by atoms with E-state index in [2.05, 4.69) is 5.32 Å². The van der Waals surface area contributed by atoms with Gasteiger partial charge >= 0.3 is 0 Å². The summed E-state index contributed by atoms with van der Waals surface area (Å²) in [6.07, 6.45) is 1.23. The second kappa shape index (κ2) is 11.6. The van der Waals surface area contributed by atoms with Gasteiger partial charge in [-0.1, -0.05) is 71.5 Å². The summed E-state index contributed by atoms with van der Waals surface area (Å²) in [5.41, 5.74) is 0.598. The van der Waals surface area contributed by atoms with Crippen molar-refractivity contribution in [1.29, 1.82) is 0 Å². The fourth-order valence-corrected chi connectivity index (χ4v) is 4.94. The lowest BCUT2D eigenvalue weighted by Crippen LogP contribution is -2.51. The lowest BCUT2D eigenvalue weighted by atomic mass is 10.1. The monoisotopic (exact) mass is 553 g/mol. The first-order valence-corrected chi connectivity index (χ1v) is 13.1. The highest BCUT2D eigenvalue weighted by atomic mass is 35.5. The number of halogens is 4. The van der Waals surface area contributed by atoms with Crippen molar-refractivity contribution in [2.75, 3.05) is 24.2 Å². The van der Waals surface area contributed by atoms with Crippen LogP contribution in [0.3, 0.4) is 0 Å². The second-order valence-corrected chi connectivity index (χ2v) is 10.7. The number of nitrogens with zero attached hydrogens (tertiary/aromatic N) is 2. The number of rotatable bonds is 9. The molecule has 1 N–H and O–H groups in total. The highest BCUT2D eigenvalue weighted by molar-refractivity contribution is 7.92. The summed E-state index contributed by atoms with van der Waals surface area (Å²) in [4.78, 5) is 27.3. The number of carbonyl (C=O) groups is 2. The first-order chi connectivity index (χ1) is 15.4. The van der Waals surface area contributed by atoms with Crippen LogP contribution < -0.4 is 9.62 Å². The third-order valence-electron chi connectivity index (χ3n) is 4.87. The van der Waals surface area contributed by atoms with Crippen LogP contribution in [0.2, 0.25) is 20.1 Å². The number of nitrogens with one attached hydrogen (secondary N) is 1. The van der Waals surface area contributed by atoms with Gasteiger partial charge in [0.1, 0.15) is 12.6 Å². The fraction of sp³-hybridized carbons (Fsp3) is 0.333. The van der Waals surface area contributed by atoms with Crippen LogP contribution in [0.5, 0.6) is 0 Å². The van der Waals surface area contributed by atoms with E-state index in [-0.39, 0.29) is 27.3 Å². The zero-order valence-electron chi connectivity index (χ0n) is 18.1. The Morgan fingerprint density at radius 3 is 2.15 bits per heavy atom. The molecule has 0 saturated carbocycles. The first kappa shape index (κ1) is 27.5. The minimum atomic E-state index is -3.96. The molecule has 0 heterocycles. The van der Waals surface area contributed by atoms with E-state index in [0.717, 1.165) is 10.6 Å². The maximum Gasteiger partial charge on any atom is 0.244 e. The van der Waals surface area contributed by atoms with Crippen molar-refractivity contribution < 1.29 is 18.0 Å². The minimum absolute atomic E-state index is 0.00128. The normalized spacial score (nSPS) is 12.2. The molecule has 180 valence electrons. The van der Waals surface area contributed by atoms with Gasteiger partial charge in [0.2, 0.25) is 21.8 Å². The summed E-state index contributed by atoms with van der Waals surface area (Å²) in [7, 11) is -2.51. The van der Waals surface area contributed by atoms with Gasteiger partial charge in [0.15, 0.2) is 0 Å². The Kier molecular flexibility index (Phi) is 9.70. The summed E-state index contributed by atoms with van der Waals surface area (Å²) < 4.78 is 26.0. The summed E-state index contributed by atoms with van der Waals surface area (Å²) in [5, 5.41) is 3.16. The van der Waals surface area contributed by atoms with Crippen LogP contribution in [0, 0.1) is 0 Å². The van der Waals surface area contributed by atoms with Gasteiger partial charge in [0.05, 0.1) is 27.0 Å². The summed E-state index contributed by atoms with van der Waals surface area (Å²) in [6, 6.07) is 8.60. The molecule has 2 rings (SSSR count). The van der Waals surface area contributed by atoms with Crippen LogP contribution in [0.1, 0.15) is 18.9 Å². The summed E-state index contributed by atoms with van der Waals surface area (Å²) in [5.74, 6) is -1.02. The van der Waals surface area contributed by atoms with E-state index in [1.807, 2.05) is 0 Å². The molecular formula is C21H23Cl4N3O4S. The Bertz CT molecular complexity index is 1140. The van der Waals surface area contributed by atoms with E-state index in [1.165, 1.54) is 24.1 Å². The van der Waals surface area contributed by atoms with Gasteiger partial charge in [0, 0.05) is 18.6 Å². The van der Waals surface area contributed by atoms with Crippen molar-refractivity contribution in [1.82, 2.24) is 10.2 Å². The zero-order chi connectivity index (χ0) is 24.9. The number of amides is 2. The van der Waals surface area contributed by atoms with Gasteiger partial charge in [-0.05, 0) is 30.2 Å². The molecule has 0 aliphatic carbocycles. The molecule has 0 spiro atoms. The standard InChI is InChI=1S/C21H23Cl4N3O4S/c1-4-18(21(30)26-2)27(11-13-7-5-6-8-14(13)22)20(29)12-28(33(3,31)32)19-10-16(24)15(23)9-17(19)25/h5-10,18H,4,11-12H2,1-3H3,(H,26,30)/t18-/m1/s1. The molecule has 0 bridgehead atoms. The number of hydrogen-bond acceptors (Lipinski definition) is 4. The Balaban J connectivity index is 2.51. The van der Waals surface area contributed by atoms with E-state index in [4.69, 9.17) is 46.4 Å². The van der Waals surface area contributed by atoms with Crippen LogP contribution >= 0.6 is 46.4 Å². The Labute approximate surface area is 213 Å². The lowest BCUT2D eigenvalue weighted by Gasteiger charge is -2.33. The van der Waals surface area contributed by atoms with Gasteiger partial charge in [-0.3, -0.25) is 13.9 Å². The zero-order valence-corrected chi connectivity index (χ0v) is 22.0. The Hall–Kier alpha value is -1.71. The number of benzene rings is 2. The summed E-state index contributed by atoms with van der Waals surface area (Å²) >= 11 is 24.5. The fourth-order valence-electron chi connectivity index (χ4n) is 3.19. The van der Waals surface area contributed by atoms with Crippen molar-refractivity contribution in [2.45, 2.75) is 25.9 Å². The topological polar surface area (TPSA) is 86.8 Å². The van der Waals surface area contributed by atoms with Crippen molar-refractivity contribution in [2.24, 2.45) is 0 Å². The third kappa shape index (κ3) is 6.90. The molecule has 0 aliphatic heterocycles. The SMILES string of the molecule is CC[C@H](C(=O)NC)N(Cc1ccccc1Cl)C(=O)CN(c1cc(Cl)c(Cl)cc1Cl)S(C)(=O)=O. The Morgan fingerprint density at radius 2 is 1.61 bits per heavy atom. The average Bonchev–Trinajstić information content (AvgIpc) is 2.74. The van der Waals surface area contributed by atoms with Gasteiger partial charge < -0.3 is 10.2 Å². The highest BCUT2D eigenvalue weighted by Crippen LogP contribution is 2.35. The van der Waals surface area contributed by atoms with E-state index < -0.39 is 34.4 Å². The van der Waals surface area contributed by atoms with Crippen molar-refractivity contribution in [3.8, 4) is 0 Å². The molecule has 0 unspecified atom stereocenters. The van der Waals surface area contributed by atoms with Gasteiger partial charge in [-0.15, -0.1) is 0 Å². The van der Waals surface area contributed by atoms with E-state index in [1.54, 1.807) is 31.2 Å². The van der Waals surface area contributed by atoms with Gasteiger partial charge in [-0.25, -0.2) is 8.42 Å². The molecule has 0 radical (unpaired) electrons. The van der Waals surface area contributed by atoms with Crippen molar-refractivity contribution in [3.63, 3.8) is 0 Å². The van der Waals surface area contributed by atoms with Crippen LogP contribution in [0.15, 0.2) is 36.4 Å². The van der Waals surface area contributed by atoms with Crippen molar-refractivity contribution in [3.05, 3.63) is 62.1 Å². The third-order valence-corrected chi connectivity index (χ3v) is 7.39. The molecule has 0 saturated heterocycles. The molecule has 0 fully saturated rings. The van der Waals surface area contributed by atoms with Crippen LogP contribution in [-0.4, -0.2) is 51.0 Å². The number of carbonyl (C=O) groups excluding carboxylic acids is 2. The average molecular weight is 555 g/mol. The first-order valence-electron chi connectivity index (χ1n) is 9.77. The Morgan fingerprint density at radius 1 is 1.00 bits per heavy atom. The quantitative estimate of drug-likeness (QED) is 0.458. The molecule has 1 atom stereocenters. The maximum atomic E-state index is 13.5. The largest absolute Gasteiger partial charge is 0.357 e. The van der Waals surface area contributed by atoms with Gasteiger partial charge in [0.25, 0.3) is 0 Å². The number of anilines is 1. The second-order valence-electron chi connectivity index (χ2n) is 7.14. The molecule has 12 heteroatoms. The number of likely N-dealkylation sites (N-methyl/N-ethyl adjacent to an activating group) is 1. The van der Waals surface area contributed by atoms with Gasteiger partial charge in [-0.2, -0.15) is 0 Å². The molecule has 0 aromatic heterocycles. The lowest BCUT2D eigenvalue weighted by molar-refractivity contribution is -0.140.